The molecule has 0 saturated carbocycles. The Hall–Kier alpha value is -1.67. The van der Waals surface area contributed by atoms with E-state index in [2.05, 4.69) is 9.88 Å². The normalized spacial score (nSPS) is 17.8. The second-order valence-corrected chi connectivity index (χ2v) is 8.99. The van der Waals surface area contributed by atoms with Crippen molar-refractivity contribution < 1.29 is 18.9 Å². The number of hydrogen-bond acceptors (Lipinski definition) is 5. The Morgan fingerprint density at radius 3 is 2.86 bits per heavy atom. The quantitative estimate of drug-likeness (QED) is 0.558. The van der Waals surface area contributed by atoms with Crippen molar-refractivity contribution in [2.24, 2.45) is 5.92 Å². The van der Waals surface area contributed by atoms with Crippen molar-refractivity contribution in [2.75, 3.05) is 24.6 Å². The summed E-state index contributed by atoms with van der Waals surface area (Å²) in [5.74, 6) is 0.701. The molecule has 1 saturated heterocycles. The van der Waals surface area contributed by atoms with E-state index in [0.717, 1.165) is 30.5 Å². The van der Waals surface area contributed by atoms with Crippen LogP contribution in [0.3, 0.4) is 0 Å². The maximum atomic E-state index is 11.0. The van der Waals surface area contributed by atoms with Crippen molar-refractivity contribution in [3.05, 3.63) is 47.0 Å². The first-order valence-electron chi connectivity index (χ1n) is 9.04. The molecule has 1 fully saturated rings. The number of halogens is 2. The van der Waals surface area contributed by atoms with E-state index in [1.54, 1.807) is 18.6 Å². The van der Waals surface area contributed by atoms with Gasteiger partial charge in [-0.15, -0.1) is 0 Å². The SMILES string of the molecule is O=P(O)(O)OCC1CCCN(c2cc(-n3ccnc3)c3ccc(Cl)c(Cl)c3n2)C1. The smallest absolute Gasteiger partial charge is 0.356 e. The summed E-state index contributed by atoms with van der Waals surface area (Å²) in [6.45, 7) is 1.34. The van der Waals surface area contributed by atoms with Gasteiger partial charge in [0.15, 0.2) is 0 Å². The highest BCUT2D eigenvalue weighted by atomic mass is 35.5. The number of fused-ring (bicyclic) bond motifs is 1. The third kappa shape index (κ3) is 4.58. The van der Waals surface area contributed by atoms with Gasteiger partial charge in [0.05, 0.1) is 34.2 Å². The molecule has 154 valence electrons. The standard InChI is InChI=1S/C18H19Cl2N4O4P/c19-14-4-3-13-15(24-7-5-21-11-24)8-16(22-18(13)17(14)20)23-6-1-2-12(9-23)10-28-29(25,26)27/h3-5,7-8,11-12H,1-2,6,9-10H2,(H2,25,26,27). The molecule has 0 radical (unpaired) electrons. The number of pyridine rings is 1. The number of imidazole rings is 1. The van der Waals surface area contributed by atoms with Crippen molar-refractivity contribution in [1.29, 1.82) is 0 Å². The predicted octanol–water partition coefficient (Wildman–Crippen LogP) is 4.05. The molecule has 3 heterocycles. The van der Waals surface area contributed by atoms with Crippen LogP contribution >= 0.6 is 31.0 Å². The highest BCUT2D eigenvalue weighted by Gasteiger charge is 2.25. The molecule has 0 bridgehead atoms. The van der Waals surface area contributed by atoms with Gasteiger partial charge in [0.25, 0.3) is 0 Å². The Morgan fingerprint density at radius 1 is 1.31 bits per heavy atom. The summed E-state index contributed by atoms with van der Waals surface area (Å²) in [6.07, 6.45) is 6.92. The molecular formula is C18H19Cl2N4O4P. The zero-order valence-electron chi connectivity index (χ0n) is 15.3. The lowest BCUT2D eigenvalue weighted by molar-refractivity contribution is 0.160. The van der Waals surface area contributed by atoms with Crippen LogP contribution in [0.5, 0.6) is 0 Å². The summed E-state index contributed by atoms with van der Waals surface area (Å²) in [4.78, 5) is 28.9. The van der Waals surface area contributed by atoms with Gasteiger partial charge in [-0.3, -0.25) is 4.52 Å². The minimum Gasteiger partial charge on any atom is -0.356 e. The monoisotopic (exact) mass is 456 g/mol. The van der Waals surface area contributed by atoms with Gasteiger partial charge in [-0.25, -0.2) is 14.5 Å². The first-order valence-corrected chi connectivity index (χ1v) is 11.3. The highest BCUT2D eigenvalue weighted by molar-refractivity contribution is 7.46. The summed E-state index contributed by atoms with van der Waals surface area (Å²) >= 11 is 12.7. The van der Waals surface area contributed by atoms with Crippen LogP contribution in [0.1, 0.15) is 12.8 Å². The fraction of sp³-hybridized carbons (Fsp3) is 0.333. The largest absolute Gasteiger partial charge is 0.469 e. The highest BCUT2D eigenvalue weighted by Crippen LogP contribution is 2.38. The number of anilines is 1. The number of phosphoric ester groups is 1. The van der Waals surface area contributed by atoms with Crippen molar-refractivity contribution in [2.45, 2.75) is 12.8 Å². The number of rotatable bonds is 5. The molecule has 29 heavy (non-hydrogen) atoms. The Morgan fingerprint density at radius 2 is 2.14 bits per heavy atom. The number of benzene rings is 1. The summed E-state index contributed by atoms with van der Waals surface area (Å²) in [5, 5.41) is 1.65. The average Bonchev–Trinajstić information content (AvgIpc) is 3.23. The Bertz CT molecular complexity index is 1070. The van der Waals surface area contributed by atoms with Gasteiger partial charge in [-0.1, -0.05) is 23.2 Å². The zero-order chi connectivity index (χ0) is 20.6. The molecule has 4 rings (SSSR count). The molecule has 2 N–H and O–H groups in total. The number of phosphoric acid groups is 1. The molecule has 1 aromatic carbocycles. The third-order valence-electron chi connectivity index (χ3n) is 4.94. The number of hydrogen-bond donors (Lipinski definition) is 2. The molecule has 2 aromatic heterocycles. The van der Waals surface area contributed by atoms with Crippen LogP contribution in [0.4, 0.5) is 5.82 Å². The lowest BCUT2D eigenvalue weighted by Gasteiger charge is -2.34. The van der Waals surface area contributed by atoms with E-state index in [1.165, 1.54) is 0 Å². The molecule has 8 nitrogen and oxygen atoms in total. The van der Waals surface area contributed by atoms with Gasteiger partial charge in [-0.2, -0.15) is 0 Å². The zero-order valence-corrected chi connectivity index (χ0v) is 17.7. The van der Waals surface area contributed by atoms with Crippen LogP contribution in [-0.2, 0) is 9.09 Å². The van der Waals surface area contributed by atoms with Gasteiger partial charge < -0.3 is 19.3 Å². The van der Waals surface area contributed by atoms with E-state index in [-0.39, 0.29) is 12.5 Å². The summed E-state index contributed by atoms with van der Waals surface area (Å²) in [7, 11) is -4.49. The van der Waals surface area contributed by atoms with Crippen molar-refractivity contribution in [3.8, 4) is 5.69 Å². The number of aromatic nitrogens is 3. The van der Waals surface area contributed by atoms with Gasteiger partial charge in [0.1, 0.15) is 5.82 Å². The maximum Gasteiger partial charge on any atom is 0.469 e. The maximum absolute atomic E-state index is 11.0. The van der Waals surface area contributed by atoms with Gasteiger partial charge in [0.2, 0.25) is 0 Å². The molecule has 1 aliphatic rings. The van der Waals surface area contributed by atoms with Crippen LogP contribution < -0.4 is 4.90 Å². The molecular weight excluding hydrogens is 438 g/mol. The van der Waals surface area contributed by atoms with Crippen LogP contribution in [0.2, 0.25) is 10.0 Å². The summed E-state index contributed by atoms with van der Waals surface area (Å²) in [6, 6.07) is 5.58. The molecule has 0 spiro atoms. The molecule has 0 amide bonds. The first kappa shape index (κ1) is 20.6. The summed E-state index contributed by atoms with van der Waals surface area (Å²) in [5.41, 5.74) is 1.46. The van der Waals surface area contributed by atoms with E-state index >= 15 is 0 Å². The topological polar surface area (TPSA) is 101 Å². The second kappa shape index (κ2) is 8.22. The van der Waals surface area contributed by atoms with Gasteiger partial charge in [-0.05, 0) is 25.0 Å². The fourth-order valence-corrected chi connectivity index (χ4v) is 4.36. The van der Waals surface area contributed by atoms with Crippen molar-refractivity contribution >= 4 is 47.7 Å². The van der Waals surface area contributed by atoms with Gasteiger partial charge in [0, 0.05) is 42.9 Å². The van der Waals surface area contributed by atoms with Crippen LogP contribution in [0.15, 0.2) is 36.9 Å². The van der Waals surface area contributed by atoms with E-state index < -0.39 is 7.82 Å². The van der Waals surface area contributed by atoms with E-state index in [1.807, 2.05) is 22.9 Å². The lowest BCUT2D eigenvalue weighted by atomic mass is 9.99. The predicted molar refractivity (Wildman–Crippen MR) is 112 cm³/mol. The minimum atomic E-state index is -4.49. The van der Waals surface area contributed by atoms with Crippen LogP contribution in [0.25, 0.3) is 16.6 Å². The molecule has 0 aliphatic carbocycles. The lowest BCUT2D eigenvalue weighted by Crippen LogP contribution is -2.37. The van der Waals surface area contributed by atoms with Crippen LogP contribution in [0, 0.1) is 5.92 Å². The van der Waals surface area contributed by atoms with Crippen molar-refractivity contribution in [1.82, 2.24) is 14.5 Å². The van der Waals surface area contributed by atoms with Gasteiger partial charge >= 0.3 is 7.82 Å². The molecule has 1 unspecified atom stereocenters. The average molecular weight is 457 g/mol. The Balaban J connectivity index is 1.72. The molecule has 3 aromatic rings. The number of nitrogens with zero attached hydrogens (tertiary/aromatic N) is 4. The third-order valence-corrected chi connectivity index (χ3v) is 6.22. The van der Waals surface area contributed by atoms with Crippen molar-refractivity contribution in [3.63, 3.8) is 0 Å². The van der Waals surface area contributed by atoms with Crippen LogP contribution in [-0.4, -0.2) is 44.0 Å². The first-order chi connectivity index (χ1) is 13.8. The Labute approximate surface area is 177 Å². The van der Waals surface area contributed by atoms with E-state index in [9.17, 15) is 4.57 Å². The van der Waals surface area contributed by atoms with E-state index in [4.69, 9.17) is 42.5 Å². The molecule has 11 heteroatoms. The Kier molecular flexibility index (Phi) is 5.84. The molecule has 1 atom stereocenters. The fourth-order valence-electron chi connectivity index (χ4n) is 3.59. The van der Waals surface area contributed by atoms with E-state index in [0.29, 0.717) is 27.9 Å². The summed E-state index contributed by atoms with van der Waals surface area (Å²) < 4.78 is 17.6. The number of piperidine rings is 1. The molecule has 1 aliphatic heterocycles. The minimum absolute atomic E-state index is 0.00464. The second-order valence-electron chi connectivity index (χ2n) is 6.97.